The number of ether oxygens (including phenoxy) is 1. The van der Waals surface area contributed by atoms with E-state index in [1.54, 1.807) is 23.1 Å². The Labute approximate surface area is 244 Å². The van der Waals surface area contributed by atoms with Gasteiger partial charge < -0.3 is 19.4 Å². The Balaban J connectivity index is 1.43. The molecule has 0 N–H and O–H groups in total. The topological polar surface area (TPSA) is 70.2 Å². The van der Waals surface area contributed by atoms with Crippen molar-refractivity contribution in [2.75, 3.05) is 39.8 Å². The van der Waals surface area contributed by atoms with Gasteiger partial charge >= 0.3 is 18.2 Å². The van der Waals surface area contributed by atoms with Gasteiger partial charge in [0.1, 0.15) is 0 Å². The van der Waals surface area contributed by atoms with Crippen LogP contribution in [0.1, 0.15) is 50.5 Å². The molecule has 41 heavy (non-hydrogen) atoms. The average Bonchev–Trinajstić information content (AvgIpc) is 3.51. The summed E-state index contributed by atoms with van der Waals surface area (Å²) in [5, 5.41) is 0.561. The molecule has 3 amide bonds. The van der Waals surface area contributed by atoms with Gasteiger partial charge in [0.2, 0.25) is 11.8 Å². The predicted octanol–water partition coefficient (Wildman–Crippen LogP) is 5.98. The quantitative estimate of drug-likeness (QED) is 0.349. The molecule has 0 unspecified atom stereocenters. The maximum atomic E-state index is 13.5. The van der Waals surface area contributed by atoms with Crippen LogP contribution in [0.15, 0.2) is 18.2 Å². The zero-order valence-electron chi connectivity index (χ0n) is 22.7. The SMILES string of the molecule is CN(C(=O)OCCC(F)(F)C(F)(F)F)[C@@H]1CN(C(=O)C2CCN(C(=O)C3(C)CC3)CC2)C[C@H]1c1ccc(Cl)c(Cl)c1. The molecule has 0 spiro atoms. The third-order valence-corrected chi connectivity index (χ3v) is 9.20. The van der Waals surface area contributed by atoms with Crippen molar-refractivity contribution in [3.63, 3.8) is 0 Å². The van der Waals surface area contributed by atoms with Crippen molar-refractivity contribution in [3.8, 4) is 0 Å². The molecule has 7 nitrogen and oxygen atoms in total. The largest absolute Gasteiger partial charge is 0.453 e. The highest BCUT2D eigenvalue weighted by Gasteiger charge is 2.57. The normalized spacial score (nSPS) is 23.0. The van der Waals surface area contributed by atoms with Gasteiger partial charge in [0, 0.05) is 50.5 Å². The third kappa shape index (κ3) is 6.84. The smallest absolute Gasteiger partial charge is 0.449 e. The molecule has 14 heteroatoms. The molecule has 2 atom stereocenters. The molecule has 4 rings (SSSR count). The number of piperidine rings is 1. The van der Waals surface area contributed by atoms with Crippen molar-refractivity contribution in [2.24, 2.45) is 11.3 Å². The number of benzene rings is 1. The van der Waals surface area contributed by atoms with E-state index in [4.69, 9.17) is 27.9 Å². The minimum Gasteiger partial charge on any atom is -0.449 e. The molecule has 3 fully saturated rings. The summed E-state index contributed by atoms with van der Waals surface area (Å²) >= 11 is 12.3. The lowest BCUT2D eigenvalue weighted by atomic mass is 9.93. The lowest BCUT2D eigenvalue weighted by Gasteiger charge is -2.34. The number of rotatable bonds is 7. The number of hydrogen-bond acceptors (Lipinski definition) is 4. The van der Waals surface area contributed by atoms with E-state index in [0.717, 1.165) is 17.7 Å². The van der Waals surface area contributed by atoms with Gasteiger partial charge in [0.05, 0.1) is 29.1 Å². The maximum absolute atomic E-state index is 13.5. The first-order chi connectivity index (χ1) is 19.0. The van der Waals surface area contributed by atoms with Gasteiger partial charge in [-0.3, -0.25) is 9.59 Å². The minimum absolute atomic E-state index is 0.0886. The van der Waals surface area contributed by atoms with Crippen LogP contribution in [0.3, 0.4) is 0 Å². The monoisotopic (exact) mass is 627 g/mol. The molecule has 1 saturated carbocycles. The van der Waals surface area contributed by atoms with Crippen molar-refractivity contribution in [2.45, 2.75) is 63.1 Å². The second-order valence-electron chi connectivity index (χ2n) is 11.4. The predicted molar refractivity (Wildman–Crippen MR) is 141 cm³/mol. The van der Waals surface area contributed by atoms with E-state index in [2.05, 4.69) is 0 Å². The van der Waals surface area contributed by atoms with Crippen molar-refractivity contribution in [3.05, 3.63) is 33.8 Å². The standard InChI is InChI=1S/C27H32Cl2F5N3O4/c1-25(7-8-25)23(39)36-10-5-16(6-11-36)22(38)37-14-18(17-3-4-19(28)20(29)13-17)21(15-37)35(2)24(40)41-12-9-26(30,31)27(32,33)34/h3-4,13,16,18,21H,5-12,14-15H2,1-2H3/t18-,21+/m0/s1. The van der Waals surface area contributed by atoms with Crippen molar-refractivity contribution in [1.29, 1.82) is 0 Å². The van der Waals surface area contributed by atoms with Crippen molar-refractivity contribution < 1.29 is 41.1 Å². The van der Waals surface area contributed by atoms with E-state index in [-0.39, 0.29) is 41.3 Å². The Kier molecular flexibility index (Phi) is 9.05. The molecule has 3 aliphatic rings. The molecular weight excluding hydrogens is 596 g/mol. The summed E-state index contributed by atoms with van der Waals surface area (Å²) in [7, 11) is 1.34. The second kappa shape index (κ2) is 11.7. The van der Waals surface area contributed by atoms with Gasteiger partial charge in [-0.1, -0.05) is 36.2 Å². The summed E-state index contributed by atoms with van der Waals surface area (Å²) < 4.78 is 68.7. The number of halogens is 7. The van der Waals surface area contributed by atoms with E-state index in [1.807, 2.05) is 11.8 Å². The number of likely N-dealkylation sites (tertiary alicyclic amines) is 2. The number of carbonyl (C=O) groups is 3. The number of hydrogen-bond donors (Lipinski definition) is 0. The first-order valence-electron chi connectivity index (χ1n) is 13.4. The number of likely N-dealkylation sites (N-methyl/N-ethyl adjacent to an activating group) is 1. The van der Waals surface area contributed by atoms with Gasteiger partial charge in [0.25, 0.3) is 0 Å². The van der Waals surface area contributed by atoms with Crippen LogP contribution in [0.4, 0.5) is 26.7 Å². The lowest BCUT2D eigenvalue weighted by molar-refractivity contribution is -0.286. The van der Waals surface area contributed by atoms with E-state index >= 15 is 0 Å². The third-order valence-electron chi connectivity index (χ3n) is 8.46. The van der Waals surface area contributed by atoms with Crippen molar-refractivity contribution in [1.82, 2.24) is 14.7 Å². The Morgan fingerprint density at radius 3 is 2.22 bits per heavy atom. The van der Waals surface area contributed by atoms with E-state index in [9.17, 15) is 36.3 Å². The highest BCUT2D eigenvalue weighted by atomic mass is 35.5. The molecule has 228 valence electrons. The van der Waals surface area contributed by atoms with Crippen LogP contribution < -0.4 is 0 Å². The van der Waals surface area contributed by atoms with Crippen LogP contribution >= 0.6 is 23.2 Å². The van der Waals surface area contributed by atoms with E-state index in [1.165, 1.54) is 7.05 Å². The highest BCUT2D eigenvalue weighted by Crippen LogP contribution is 2.47. The zero-order chi connectivity index (χ0) is 30.3. The van der Waals surface area contributed by atoms with Gasteiger partial charge in [-0.15, -0.1) is 0 Å². The van der Waals surface area contributed by atoms with Crippen LogP contribution in [-0.2, 0) is 14.3 Å². The lowest BCUT2D eigenvalue weighted by Crippen LogP contribution is -2.46. The minimum atomic E-state index is -5.75. The summed E-state index contributed by atoms with van der Waals surface area (Å²) in [6.45, 7) is 2.07. The molecule has 1 aromatic carbocycles. The van der Waals surface area contributed by atoms with E-state index in [0.29, 0.717) is 36.5 Å². The summed E-state index contributed by atoms with van der Waals surface area (Å²) in [6, 6.07) is 4.21. The van der Waals surface area contributed by atoms with Crippen LogP contribution in [0.5, 0.6) is 0 Å². The Bertz CT molecular complexity index is 1170. The second-order valence-corrected chi connectivity index (χ2v) is 12.2. The fourth-order valence-electron chi connectivity index (χ4n) is 5.45. The highest BCUT2D eigenvalue weighted by molar-refractivity contribution is 6.42. The van der Waals surface area contributed by atoms with Gasteiger partial charge in [0.15, 0.2) is 0 Å². The fourth-order valence-corrected chi connectivity index (χ4v) is 5.75. The van der Waals surface area contributed by atoms with E-state index < -0.39 is 43.2 Å². The number of carbonyl (C=O) groups excluding carboxylic acids is 3. The summed E-state index contributed by atoms with van der Waals surface area (Å²) in [4.78, 5) is 43.5. The molecule has 2 aliphatic heterocycles. The van der Waals surface area contributed by atoms with Crippen molar-refractivity contribution >= 4 is 41.1 Å². The zero-order valence-corrected chi connectivity index (χ0v) is 24.2. The summed E-state index contributed by atoms with van der Waals surface area (Å²) in [5.74, 6) is -5.78. The molecule has 0 aromatic heterocycles. The summed E-state index contributed by atoms with van der Waals surface area (Å²) in [6.07, 6.45) is -5.80. The maximum Gasteiger partial charge on any atom is 0.453 e. The summed E-state index contributed by atoms with van der Waals surface area (Å²) in [5.41, 5.74) is 0.384. The molecule has 1 aliphatic carbocycles. The van der Waals surface area contributed by atoms with Gasteiger partial charge in [-0.05, 0) is 43.4 Å². The molecule has 2 heterocycles. The molecule has 1 aromatic rings. The van der Waals surface area contributed by atoms with Crippen LogP contribution in [0, 0.1) is 11.3 Å². The number of alkyl halides is 5. The number of amides is 3. The Morgan fingerprint density at radius 2 is 1.66 bits per heavy atom. The Morgan fingerprint density at radius 1 is 1.02 bits per heavy atom. The Hall–Kier alpha value is -2.34. The molecule has 0 bridgehead atoms. The van der Waals surface area contributed by atoms with Crippen LogP contribution in [0.2, 0.25) is 10.0 Å². The first-order valence-corrected chi connectivity index (χ1v) is 14.2. The first kappa shape index (κ1) is 31.6. The molecular formula is C27H32Cl2F5N3O4. The van der Waals surface area contributed by atoms with Gasteiger partial charge in [-0.2, -0.15) is 22.0 Å². The number of nitrogens with zero attached hydrogens (tertiary/aromatic N) is 3. The van der Waals surface area contributed by atoms with Gasteiger partial charge in [-0.25, -0.2) is 4.79 Å². The van der Waals surface area contributed by atoms with Crippen LogP contribution in [0.25, 0.3) is 0 Å². The average molecular weight is 628 g/mol. The fraction of sp³-hybridized carbons (Fsp3) is 0.667. The molecule has 2 saturated heterocycles. The van der Waals surface area contributed by atoms with Crippen LogP contribution in [-0.4, -0.2) is 90.6 Å². The molecule has 0 radical (unpaired) electrons.